The number of H-pyrrole nitrogens is 1. The van der Waals surface area contributed by atoms with Crippen LogP contribution in [0.3, 0.4) is 0 Å². The molecule has 0 aliphatic carbocycles. The fourth-order valence-electron chi connectivity index (χ4n) is 5.29. The van der Waals surface area contributed by atoms with Gasteiger partial charge in [-0.05, 0) is 47.2 Å². The molecule has 0 saturated carbocycles. The maximum absolute atomic E-state index is 13.9. The molecule has 0 radical (unpaired) electrons. The van der Waals surface area contributed by atoms with Crippen molar-refractivity contribution in [3.8, 4) is 5.75 Å². The summed E-state index contributed by atoms with van der Waals surface area (Å²) in [5.74, 6) is -2.89. The van der Waals surface area contributed by atoms with E-state index in [2.05, 4.69) is 20.9 Å². The number of carboxylic acid groups (broad SMARTS) is 1. The first-order valence-corrected chi connectivity index (χ1v) is 15.3. The predicted octanol–water partition coefficient (Wildman–Crippen LogP) is 2.81. The Morgan fingerprint density at radius 3 is 1.91 bits per heavy atom. The molecule has 4 unspecified atom stereocenters. The number of carbonyl (C=O) groups excluding carboxylic acids is 3. The maximum atomic E-state index is 13.9. The molecule has 4 atom stereocenters. The number of aromatic nitrogens is 1. The van der Waals surface area contributed by atoms with E-state index < -0.39 is 47.9 Å². The number of carboxylic acids is 1. The van der Waals surface area contributed by atoms with E-state index in [1.54, 1.807) is 42.6 Å². The van der Waals surface area contributed by atoms with Gasteiger partial charge in [0.2, 0.25) is 17.7 Å². The van der Waals surface area contributed by atoms with Gasteiger partial charge in [0.25, 0.3) is 0 Å². The van der Waals surface area contributed by atoms with Crippen LogP contribution in [-0.2, 0) is 38.4 Å². The molecule has 0 fully saturated rings. The molecule has 0 saturated heterocycles. The predicted molar refractivity (Wildman–Crippen MR) is 175 cm³/mol. The summed E-state index contributed by atoms with van der Waals surface area (Å²) in [5.41, 5.74) is 9.12. The van der Waals surface area contributed by atoms with Gasteiger partial charge in [0.1, 0.15) is 23.9 Å². The molecular weight excluding hydrogens is 586 g/mol. The van der Waals surface area contributed by atoms with Crippen LogP contribution in [0.25, 0.3) is 10.9 Å². The van der Waals surface area contributed by atoms with E-state index in [4.69, 9.17) is 5.73 Å². The Hall–Kier alpha value is -5.16. The summed E-state index contributed by atoms with van der Waals surface area (Å²) >= 11 is 0. The van der Waals surface area contributed by atoms with Crippen molar-refractivity contribution in [1.29, 1.82) is 0 Å². The fraction of sp³-hybridized carbons (Fsp3) is 0.314. The first-order chi connectivity index (χ1) is 22.0. The Morgan fingerprint density at radius 2 is 1.26 bits per heavy atom. The van der Waals surface area contributed by atoms with Crippen LogP contribution in [0.15, 0.2) is 85.1 Å². The molecular formula is C35H41N5O6. The van der Waals surface area contributed by atoms with Crippen LogP contribution in [0.2, 0.25) is 0 Å². The highest BCUT2D eigenvalue weighted by Gasteiger charge is 2.31. The second-order valence-electron chi connectivity index (χ2n) is 11.9. The van der Waals surface area contributed by atoms with Crippen LogP contribution in [0.4, 0.5) is 0 Å². The van der Waals surface area contributed by atoms with E-state index in [0.717, 1.165) is 16.5 Å². The Balaban J connectivity index is 1.60. The third kappa shape index (κ3) is 9.42. The minimum absolute atomic E-state index is 0.00382. The summed E-state index contributed by atoms with van der Waals surface area (Å²) in [6, 6.07) is 18.2. The number of aliphatic carboxylic acids is 1. The average molecular weight is 628 g/mol. The standard InChI is InChI=1S/C35H41N5O6/c1-21(2)16-27(36)32(42)38-30(19-24-20-37-28-11-7-6-10-26(24)28)34(44)39-29(17-23-12-14-25(41)15-13-23)33(43)40-31(35(45)46)18-22-8-4-3-5-9-22/h3-15,20-21,27,29-31,37,41H,16-19,36H2,1-2H3,(H,38,42)(H,39,44)(H,40,43)(H,45,46). The first-order valence-electron chi connectivity index (χ1n) is 15.3. The van der Waals surface area contributed by atoms with Crippen molar-refractivity contribution in [2.45, 2.75) is 63.7 Å². The van der Waals surface area contributed by atoms with Crippen LogP contribution in [0, 0.1) is 5.92 Å². The van der Waals surface area contributed by atoms with E-state index in [1.165, 1.54) is 12.1 Å². The third-order valence-corrected chi connectivity index (χ3v) is 7.70. The summed E-state index contributed by atoms with van der Waals surface area (Å²) in [7, 11) is 0. The number of hydrogen-bond donors (Lipinski definition) is 7. The second-order valence-corrected chi connectivity index (χ2v) is 11.9. The fourth-order valence-corrected chi connectivity index (χ4v) is 5.29. The molecule has 3 amide bonds. The van der Waals surface area contributed by atoms with Crippen LogP contribution < -0.4 is 21.7 Å². The smallest absolute Gasteiger partial charge is 0.326 e. The lowest BCUT2D eigenvalue weighted by Gasteiger charge is -2.26. The van der Waals surface area contributed by atoms with Crippen molar-refractivity contribution < 1.29 is 29.4 Å². The molecule has 0 spiro atoms. The molecule has 3 aromatic carbocycles. The van der Waals surface area contributed by atoms with Gasteiger partial charge >= 0.3 is 5.97 Å². The van der Waals surface area contributed by atoms with Crippen LogP contribution in [0.1, 0.15) is 37.0 Å². The topological polar surface area (TPSA) is 187 Å². The molecule has 4 aromatic rings. The number of rotatable bonds is 15. The minimum Gasteiger partial charge on any atom is -0.508 e. The molecule has 0 bridgehead atoms. The molecule has 0 aliphatic rings. The minimum atomic E-state index is -1.26. The van der Waals surface area contributed by atoms with E-state index in [9.17, 15) is 29.4 Å². The number of phenolic OH excluding ortho intramolecular Hbond substituents is 1. The van der Waals surface area contributed by atoms with Gasteiger partial charge in [0.15, 0.2) is 0 Å². The number of phenols is 1. The van der Waals surface area contributed by atoms with Crippen molar-refractivity contribution >= 4 is 34.6 Å². The van der Waals surface area contributed by atoms with E-state index in [0.29, 0.717) is 17.5 Å². The van der Waals surface area contributed by atoms with Gasteiger partial charge in [0.05, 0.1) is 6.04 Å². The van der Waals surface area contributed by atoms with E-state index in [1.807, 2.05) is 44.2 Å². The van der Waals surface area contributed by atoms with Gasteiger partial charge in [-0.3, -0.25) is 14.4 Å². The average Bonchev–Trinajstić information content (AvgIpc) is 3.43. The zero-order chi connectivity index (χ0) is 33.2. The summed E-state index contributed by atoms with van der Waals surface area (Å²) in [4.78, 5) is 56.1. The number of para-hydroxylation sites is 1. The Morgan fingerprint density at radius 1 is 0.717 bits per heavy atom. The summed E-state index contributed by atoms with van der Waals surface area (Å²) in [5, 5.41) is 28.7. The maximum Gasteiger partial charge on any atom is 0.326 e. The number of nitrogens with two attached hydrogens (primary N) is 1. The van der Waals surface area contributed by atoms with Gasteiger partial charge < -0.3 is 36.9 Å². The van der Waals surface area contributed by atoms with Crippen LogP contribution >= 0.6 is 0 Å². The third-order valence-electron chi connectivity index (χ3n) is 7.70. The number of carbonyl (C=O) groups is 4. The molecule has 46 heavy (non-hydrogen) atoms. The number of amides is 3. The number of nitrogens with one attached hydrogen (secondary N) is 4. The number of aromatic hydroxyl groups is 1. The molecule has 8 N–H and O–H groups in total. The summed E-state index contributed by atoms with van der Waals surface area (Å²) in [6.45, 7) is 3.88. The van der Waals surface area contributed by atoms with Gasteiger partial charge in [-0.1, -0.05) is 74.5 Å². The summed E-state index contributed by atoms with van der Waals surface area (Å²) in [6.07, 6.45) is 2.32. The SMILES string of the molecule is CC(C)CC(N)C(=O)NC(Cc1c[nH]c2ccccc12)C(=O)NC(Cc1ccc(O)cc1)C(=O)NC(Cc1ccccc1)C(=O)O. The van der Waals surface area contributed by atoms with Crippen molar-refractivity contribution in [1.82, 2.24) is 20.9 Å². The Labute approximate surface area is 267 Å². The van der Waals surface area contributed by atoms with Gasteiger partial charge in [0, 0.05) is 36.4 Å². The lowest BCUT2D eigenvalue weighted by Crippen LogP contribution is -2.58. The number of benzene rings is 3. The van der Waals surface area contributed by atoms with Crippen molar-refractivity contribution in [3.05, 3.63) is 102 Å². The van der Waals surface area contributed by atoms with Gasteiger partial charge in [-0.15, -0.1) is 0 Å². The van der Waals surface area contributed by atoms with Crippen LogP contribution in [0.5, 0.6) is 5.75 Å². The van der Waals surface area contributed by atoms with Crippen LogP contribution in [-0.4, -0.2) is 63.1 Å². The van der Waals surface area contributed by atoms with E-state index >= 15 is 0 Å². The number of aromatic amines is 1. The molecule has 1 heterocycles. The quantitative estimate of drug-likeness (QED) is 0.106. The normalized spacial score (nSPS) is 13.8. The molecule has 11 nitrogen and oxygen atoms in total. The Bertz CT molecular complexity index is 1640. The second kappa shape index (κ2) is 15.7. The largest absolute Gasteiger partial charge is 0.508 e. The lowest BCUT2D eigenvalue weighted by atomic mass is 10.00. The van der Waals surface area contributed by atoms with Crippen molar-refractivity contribution in [3.63, 3.8) is 0 Å². The number of hydrogen-bond acceptors (Lipinski definition) is 6. The van der Waals surface area contributed by atoms with Gasteiger partial charge in [-0.2, -0.15) is 0 Å². The van der Waals surface area contributed by atoms with E-state index in [-0.39, 0.29) is 30.9 Å². The van der Waals surface area contributed by atoms with Crippen molar-refractivity contribution in [2.75, 3.05) is 0 Å². The molecule has 4 rings (SSSR count). The first kappa shape index (κ1) is 33.7. The molecule has 1 aromatic heterocycles. The molecule has 0 aliphatic heterocycles. The highest BCUT2D eigenvalue weighted by Crippen LogP contribution is 2.20. The van der Waals surface area contributed by atoms with Gasteiger partial charge in [-0.25, -0.2) is 4.79 Å². The highest BCUT2D eigenvalue weighted by atomic mass is 16.4. The number of fused-ring (bicyclic) bond motifs is 1. The monoisotopic (exact) mass is 627 g/mol. The highest BCUT2D eigenvalue weighted by molar-refractivity contribution is 5.95. The van der Waals surface area contributed by atoms with Crippen molar-refractivity contribution in [2.24, 2.45) is 11.7 Å². The molecule has 242 valence electrons. The Kier molecular flexibility index (Phi) is 11.5. The lowest BCUT2D eigenvalue weighted by molar-refractivity contribution is -0.142. The molecule has 11 heteroatoms. The zero-order valence-electron chi connectivity index (χ0n) is 25.9. The summed E-state index contributed by atoms with van der Waals surface area (Å²) < 4.78 is 0. The zero-order valence-corrected chi connectivity index (χ0v) is 25.9.